The summed E-state index contributed by atoms with van der Waals surface area (Å²) in [6.07, 6.45) is -0.480. The Labute approximate surface area is 181 Å². The molecule has 0 bridgehead atoms. The number of carbonyl (C=O) groups excluding carboxylic acids is 1. The molecule has 1 atom stereocenters. The molecule has 0 spiro atoms. The minimum absolute atomic E-state index is 0.0545. The van der Waals surface area contributed by atoms with Crippen molar-refractivity contribution in [2.75, 3.05) is 6.61 Å². The highest BCUT2D eigenvalue weighted by molar-refractivity contribution is 6.61. The second-order valence-corrected chi connectivity index (χ2v) is 7.13. The SMILES string of the molecule is CCOC(=O)CC1OB(O)c2cc(Oc3cccc(OCc4ccccc4)c3)ccc21. The zero-order valence-corrected chi connectivity index (χ0v) is 17.2. The molecule has 3 aromatic rings. The first-order valence-corrected chi connectivity index (χ1v) is 10.2. The normalized spacial score (nSPS) is 14.8. The number of ether oxygens (including phenoxy) is 3. The molecule has 0 aliphatic carbocycles. The van der Waals surface area contributed by atoms with E-state index in [1.54, 1.807) is 25.1 Å². The van der Waals surface area contributed by atoms with Crippen LogP contribution in [0.2, 0.25) is 0 Å². The summed E-state index contributed by atoms with van der Waals surface area (Å²) in [5.74, 6) is 1.50. The van der Waals surface area contributed by atoms with Crippen molar-refractivity contribution in [3.63, 3.8) is 0 Å². The molecule has 0 saturated carbocycles. The van der Waals surface area contributed by atoms with Crippen LogP contribution in [0.25, 0.3) is 0 Å². The van der Waals surface area contributed by atoms with Crippen molar-refractivity contribution in [3.05, 3.63) is 83.9 Å². The average molecular weight is 418 g/mol. The maximum Gasteiger partial charge on any atom is 0.492 e. The van der Waals surface area contributed by atoms with Crippen LogP contribution in [-0.2, 0) is 20.8 Å². The number of hydrogen-bond donors (Lipinski definition) is 1. The second-order valence-electron chi connectivity index (χ2n) is 7.13. The van der Waals surface area contributed by atoms with Crippen molar-refractivity contribution < 1.29 is 28.7 Å². The molecule has 3 aromatic carbocycles. The van der Waals surface area contributed by atoms with E-state index < -0.39 is 13.2 Å². The molecule has 7 heteroatoms. The molecule has 1 N–H and O–H groups in total. The summed E-state index contributed by atoms with van der Waals surface area (Å²) >= 11 is 0. The lowest BCUT2D eigenvalue weighted by Crippen LogP contribution is -2.28. The van der Waals surface area contributed by atoms with Crippen molar-refractivity contribution >= 4 is 18.6 Å². The Balaban J connectivity index is 1.43. The molecule has 0 amide bonds. The van der Waals surface area contributed by atoms with E-state index in [0.29, 0.717) is 35.9 Å². The number of benzene rings is 3. The standard InChI is InChI=1S/C24H23BO6/c1-2-28-24(26)15-23-21-12-11-20(14-22(21)25(27)31-23)30-19-10-6-9-18(13-19)29-16-17-7-4-3-5-8-17/h3-14,23,27H,2,15-16H2,1H3. The van der Waals surface area contributed by atoms with E-state index in [-0.39, 0.29) is 12.4 Å². The van der Waals surface area contributed by atoms with E-state index in [9.17, 15) is 9.82 Å². The Morgan fingerprint density at radius 1 is 1.00 bits per heavy atom. The highest BCUT2D eigenvalue weighted by Crippen LogP contribution is 2.31. The predicted molar refractivity (Wildman–Crippen MR) is 116 cm³/mol. The number of hydrogen-bond acceptors (Lipinski definition) is 6. The quantitative estimate of drug-likeness (QED) is 0.444. The van der Waals surface area contributed by atoms with E-state index in [0.717, 1.165) is 11.1 Å². The van der Waals surface area contributed by atoms with Crippen LogP contribution < -0.4 is 14.9 Å². The minimum atomic E-state index is -1.11. The Bertz CT molecular complexity index is 1040. The Morgan fingerprint density at radius 2 is 1.77 bits per heavy atom. The third-order valence-electron chi connectivity index (χ3n) is 4.91. The van der Waals surface area contributed by atoms with Crippen molar-refractivity contribution in [2.45, 2.75) is 26.1 Å². The first-order chi connectivity index (χ1) is 15.1. The van der Waals surface area contributed by atoms with Crippen molar-refractivity contribution in [1.29, 1.82) is 0 Å². The second kappa shape index (κ2) is 9.68. The molecule has 0 saturated heterocycles. The van der Waals surface area contributed by atoms with Gasteiger partial charge in [-0.25, -0.2) is 0 Å². The Kier molecular flexibility index (Phi) is 6.55. The number of esters is 1. The van der Waals surface area contributed by atoms with Gasteiger partial charge in [-0.15, -0.1) is 0 Å². The van der Waals surface area contributed by atoms with E-state index in [4.69, 9.17) is 18.9 Å². The van der Waals surface area contributed by atoms with Crippen molar-refractivity contribution in [2.24, 2.45) is 0 Å². The molecule has 4 rings (SSSR count). The first-order valence-electron chi connectivity index (χ1n) is 10.2. The first kappa shape index (κ1) is 21.0. The molecule has 0 aromatic heterocycles. The van der Waals surface area contributed by atoms with Crippen LogP contribution in [0.1, 0.15) is 30.6 Å². The summed E-state index contributed by atoms with van der Waals surface area (Å²) in [5, 5.41) is 10.3. The molecule has 6 nitrogen and oxygen atoms in total. The highest BCUT2D eigenvalue weighted by Gasteiger charge is 2.36. The molecule has 1 aliphatic rings. The maximum atomic E-state index is 11.8. The molecule has 31 heavy (non-hydrogen) atoms. The van der Waals surface area contributed by atoms with Crippen LogP contribution in [0.5, 0.6) is 17.2 Å². The lowest BCUT2D eigenvalue weighted by atomic mass is 9.79. The summed E-state index contributed by atoms with van der Waals surface area (Å²) in [6.45, 7) is 2.53. The molecular formula is C24H23BO6. The fourth-order valence-corrected chi connectivity index (χ4v) is 3.46. The van der Waals surface area contributed by atoms with E-state index in [1.165, 1.54) is 0 Å². The summed E-state index contributed by atoms with van der Waals surface area (Å²) in [6, 6.07) is 22.6. The van der Waals surface area contributed by atoms with Gasteiger partial charge in [0.15, 0.2) is 0 Å². The average Bonchev–Trinajstić information content (AvgIpc) is 3.08. The van der Waals surface area contributed by atoms with E-state index in [2.05, 4.69) is 0 Å². The number of fused-ring (bicyclic) bond motifs is 1. The zero-order chi connectivity index (χ0) is 21.6. The maximum absolute atomic E-state index is 11.8. The van der Waals surface area contributed by atoms with Crippen molar-refractivity contribution in [3.8, 4) is 17.2 Å². The smallest absolute Gasteiger partial charge is 0.489 e. The van der Waals surface area contributed by atoms with Crippen LogP contribution in [0, 0.1) is 0 Å². The molecule has 1 heterocycles. The van der Waals surface area contributed by atoms with Gasteiger partial charge in [-0.3, -0.25) is 4.79 Å². The Morgan fingerprint density at radius 3 is 2.58 bits per heavy atom. The lowest BCUT2D eigenvalue weighted by molar-refractivity contribution is -0.145. The van der Waals surface area contributed by atoms with Gasteiger partial charge in [-0.1, -0.05) is 42.5 Å². The van der Waals surface area contributed by atoms with Gasteiger partial charge in [0.25, 0.3) is 0 Å². The van der Waals surface area contributed by atoms with E-state index in [1.807, 2.05) is 54.6 Å². The van der Waals surface area contributed by atoms with Crippen LogP contribution in [-0.4, -0.2) is 24.7 Å². The number of carbonyl (C=O) groups is 1. The van der Waals surface area contributed by atoms with Gasteiger partial charge in [0.05, 0.1) is 19.1 Å². The van der Waals surface area contributed by atoms with Crippen molar-refractivity contribution in [1.82, 2.24) is 0 Å². The van der Waals surface area contributed by atoms with Crippen LogP contribution in [0.4, 0.5) is 0 Å². The van der Waals surface area contributed by atoms with Crippen LogP contribution in [0.3, 0.4) is 0 Å². The lowest BCUT2D eigenvalue weighted by Gasteiger charge is -2.12. The van der Waals surface area contributed by atoms with Gasteiger partial charge in [-0.2, -0.15) is 0 Å². The van der Waals surface area contributed by atoms with Gasteiger partial charge in [0, 0.05) is 6.07 Å². The summed E-state index contributed by atoms with van der Waals surface area (Å²) < 4.78 is 22.3. The van der Waals surface area contributed by atoms with Gasteiger partial charge < -0.3 is 23.9 Å². The third-order valence-corrected chi connectivity index (χ3v) is 4.91. The summed E-state index contributed by atoms with van der Waals surface area (Å²) in [7, 11) is -1.11. The fraction of sp³-hybridized carbons (Fsp3) is 0.208. The molecule has 1 unspecified atom stereocenters. The van der Waals surface area contributed by atoms with Gasteiger partial charge in [0.1, 0.15) is 23.9 Å². The van der Waals surface area contributed by atoms with E-state index >= 15 is 0 Å². The third kappa shape index (κ3) is 5.26. The van der Waals surface area contributed by atoms with Gasteiger partial charge >= 0.3 is 13.1 Å². The predicted octanol–water partition coefficient (Wildman–Crippen LogP) is 3.77. The highest BCUT2D eigenvalue weighted by atomic mass is 16.5. The molecule has 158 valence electrons. The molecular weight excluding hydrogens is 395 g/mol. The fourth-order valence-electron chi connectivity index (χ4n) is 3.46. The summed E-state index contributed by atoms with van der Waals surface area (Å²) in [4.78, 5) is 11.8. The van der Waals surface area contributed by atoms with Crippen LogP contribution >= 0.6 is 0 Å². The van der Waals surface area contributed by atoms with Gasteiger partial charge in [0.2, 0.25) is 0 Å². The molecule has 0 radical (unpaired) electrons. The van der Waals surface area contributed by atoms with Crippen LogP contribution in [0.15, 0.2) is 72.8 Å². The molecule has 0 fully saturated rings. The monoisotopic (exact) mass is 418 g/mol. The minimum Gasteiger partial charge on any atom is -0.489 e. The molecule has 1 aliphatic heterocycles. The number of rotatable bonds is 8. The topological polar surface area (TPSA) is 74.2 Å². The summed E-state index contributed by atoms with van der Waals surface area (Å²) in [5.41, 5.74) is 2.43. The zero-order valence-electron chi connectivity index (χ0n) is 17.2. The van der Waals surface area contributed by atoms with Gasteiger partial charge in [-0.05, 0) is 47.8 Å². The Hall–Kier alpha value is -3.29. The largest absolute Gasteiger partial charge is 0.492 e.